The molecule has 0 bridgehead atoms. The van der Waals surface area contributed by atoms with Gasteiger partial charge in [0.2, 0.25) is 0 Å². The number of ether oxygens (including phenoxy) is 1. The van der Waals surface area contributed by atoms with Crippen LogP contribution < -0.4 is 4.74 Å². The lowest BCUT2D eigenvalue weighted by atomic mass is 10.3. The summed E-state index contributed by atoms with van der Waals surface area (Å²) in [6.07, 6.45) is 1.55. The smallest absolute Gasteiger partial charge is 0.298 e. The van der Waals surface area contributed by atoms with Crippen molar-refractivity contribution >= 4 is 18.1 Å². The van der Waals surface area contributed by atoms with Crippen molar-refractivity contribution in [1.29, 1.82) is 0 Å². The van der Waals surface area contributed by atoms with E-state index in [-0.39, 0.29) is 0 Å². The maximum Gasteiger partial charge on any atom is 0.298 e. The van der Waals surface area contributed by atoms with E-state index in [9.17, 15) is 4.79 Å². The Kier molecular flexibility index (Phi) is 2.44. The molecule has 1 aromatic rings. The van der Waals surface area contributed by atoms with Gasteiger partial charge in [0.05, 0.1) is 10.7 Å². The molecule has 0 fully saturated rings. The zero-order chi connectivity index (χ0) is 8.27. The number of carbonyl (C=O) groups is 1. The quantitative estimate of drug-likeness (QED) is 0.635. The highest BCUT2D eigenvalue weighted by molar-refractivity contribution is 6.32. The molecule has 0 saturated carbocycles. The lowest BCUT2D eigenvalue weighted by Crippen LogP contribution is -1.93. The van der Waals surface area contributed by atoms with Crippen molar-refractivity contribution in [3.8, 4) is 5.75 Å². The molecular formula is C7H6ClNO2. The van der Waals surface area contributed by atoms with E-state index < -0.39 is 0 Å². The largest absolute Gasteiger partial charge is 0.425 e. The summed E-state index contributed by atoms with van der Waals surface area (Å²) in [5.41, 5.74) is 0.601. The van der Waals surface area contributed by atoms with Gasteiger partial charge in [0.25, 0.3) is 6.47 Å². The van der Waals surface area contributed by atoms with Crippen LogP contribution in [0.15, 0.2) is 12.3 Å². The van der Waals surface area contributed by atoms with Crippen molar-refractivity contribution in [1.82, 2.24) is 4.98 Å². The van der Waals surface area contributed by atoms with Gasteiger partial charge in [-0.2, -0.15) is 0 Å². The van der Waals surface area contributed by atoms with Crippen LogP contribution in [-0.4, -0.2) is 11.5 Å². The fraction of sp³-hybridized carbons (Fsp3) is 0.143. The predicted octanol–water partition coefficient (Wildman–Crippen LogP) is 1.58. The van der Waals surface area contributed by atoms with Gasteiger partial charge >= 0.3 is 0 Å². The second-order valence-electron chi connectivity index (χ2n) is 1.92. The summed E-state index contributed by atoms with van der Waals surface area (Å²) >= 11 is 5.68. The van der Waals surface area contributed by atoms with Gasteiger partial charge in [-0.3, -0.25) is 9.78 Å². The Labute approximate surface area is 69.0 Å². The minimum absolute atomic E-state index is 0.323. The van der Waals surface area contributed by atoms with Crippen LogP contribution in [0.1, 0.15) is 5.69 Å². The number of carbonyl (C=O) groups excluding carboxylic acids is 1. The van der Waals surface area contributed by atoms with Crippen molar-refractivity contribution < 1.29 is 9.53 Å². The average Bonchev–Trinajstić information content (AvgIpc) is 1.97. The molecule has 1 rings (SSSR count). The molecule has 1 heterocycles. The van der Waals surface area contributed by atoms with Crippen molar-refractivity contribution in [3.05, 3.63) is 23.0 Å². The monoisotopic (exact) mass is 171 g/mol. The third-order valence-electron chi connectivity index (χ3n) is 1.20. The molecule has 0 spiro atoms. The van der Waals surface area contributed by atoms with Crippen molar-refractivity contribution in [3.63, 3.8) is 0 Å². The summed E-state index contributed by atoms with van der Waals surface area (Å²) in [6, 6.07) is 1.56. The predicted molar refractivity (Wildman–Crippen MR) is 40.7 cm³/mol. The summed E-state index contributed by atoms with van der Waals surface area (Å²) in [5, 5.41) is 0.393. The Morgan fingerprint density at radius 1 is 1.73 bits per heavy atom. The molecule has 0 atom stereocenters. The molecule has 1 aromatic heterocycles. The van der Waals surface area contributed by atoms with Crippen LogP contribution in [0.2, 0.25) is 5.02 Å². The molecule has 4 heteroatoms. The topological polar surface area (TPSA) is 39.2 Å². The first kappa shape index (κ1) is 8.01. The second kappa shape index (κ2) is 3.34. The van der Waals surface area contributed by atoms with Gasteiger partial charge < -0.3 is 4.74 Å². The fourth-order valence-corrected chi connectivity index (χ4v) is 0.949. The van der Waals surface area contributed by atoms with E-state index >= 15 is 0 Å². The van der Waals surface area contributed by atoms with E-state index in [2.05, 4.69) is 9.72 Å². The summed E-state index contributed by atoms with van der Waals surface area (Å²) in [4.78, 5) is 13.9. The van der Waals surface area contributed by atoms with Gasteiger partial charge in [0, 0.05) is 6.20 Å². The van der Waals surface area contributed by atoms with Crippen LogP contribution in [0.4, 0.5) is 0 Å². The Bertz CT molecular complexity index is 255. The molecule has 0 aliphatic rings. The van der Waals surface area contributed by atoms with Crippen LogP contribution >= 0.6 is 11.6 Å². The molecular weight excluding hydrogens is 166 g/mol. The Balaban J connectivity index is 3.09. The number of halogens is 1. The first-order chi connectivity index (χ1) is 5.25. The second-order valence-corrected chi connectivity index (χ2v) is 2.33. The fourth-order valence-electron chi connectivity index (χ4n) is 0.711. The SMILES string of the molecule is Cc1nccc(Cl)c1OC=O. The molecule has 3 nitrogen and oxygen atoms in total. The number of hydrogen-bond donors (Lipinski definition) is 0. The highest BCUT2D eigenvalue weighted by Crippen LogP contribution is 2.25. The van der Waals surface area contributed by atoms with Crippen LogP contribution in [-0.2, 0) is 4.79 Å². The molecule has 58 valence electrons. The number of rotatable bonds is 2. The van der Waals surface area contributed by atoms with Gasteiger partial charge in [-0.1, -0.05) is 11.6 Å². The molecule has 0 N–H and O–H groups in total. The van der Waals surface area contributed by atoms with Crippen molar-refractivity contribution in [2.75, 3.05) is 0 Å². The first-order valence-electron chi connectivity index (χ1n) is 2.97. The minimum atomic E-state index is 0.323. The Hall–Kier alpha value is -1.09. The standard InChI is InChI=1S/C7H6ClNO2/c1-5-7(11-4-10)6(8)2-3-9-5/h2-4H,1H3. The van der Waals surface area contributed by atoms with Crippen LogP contribution in [0.25, 0.3) is 0 Å². The maximum absolute atomic E-state index is 9.97. The van der Waals surface area contributed by atoms with E-state index in [1.807, 2.05) is 0 Å². The first-order valence-corrected chi connectivity index (χ1v) is 3.35. The molecule has 11 heavy (non-hydrogen) atoms. The summed E-state index contributed by atoms with van der Waals surface area (Å²) in [7, 11) is 0. The lowest BCUT2D eigenvalue weighted by molar-refractivity contribution is -0.120. The van der Waals surface area contributed by atoms with E-state index in [0.717, 1.165) is 0 Å². The third-order valence-corrected chi connectivity index (χ3v) is 1.50. The van der Waals surface area contributed by atoms with Crippen LogP contribution in [0, 0.1) is 6.92 Å². The van der Waals surface area contributed by atoms with Gasteiger partial charge in [-0.15, -0.1) is 0 Å². The molecule has 0 aromatic carbocycles. The van der Waals surface area contributed by atoms with Gasteiger partial charge in [0.1, 0.15) is 0 Å². The number of pyridine rings is 1. The lowest BCUT2D eigenvalue weighted by Gasteiger charge is -2.02. The number of aromatic nitrogens is 1. The summed E-state index contributed by atoms with van der Waals surface area (Å²) in [5.74, 6) is 0.323. The van der Waals surface area contributed by atoms with Crippen molar-refractivity contribution in [2.24, 2.45) is 0 Å². The summed E-state index contributed by atoms with van der Waals surface area (Å²) < 4.78 is 4.59. The van der Waals surface area contributed by atoms with E-state index in [1.165, 1.54) is 0 Å². The van der Waals surface area contributed by atoms with Crippen molar-refractivity contribution in [2.45, 2.75) is 6.92 Å². The van der Waals surface area contributed by atoms with Gasteiger partial charge in [-0.05, 0) is 13.0 Å². The Morgan fingerprint density at radius 3 is 3.00 bits per heavy atom. The van der Waals surface area contributed by atoms with Gasteiger partial charge in [0.15, 0.2) is 5.75 Å². The molecule has 0 aliphatic carbocycles. The highest BCUT2D eigenvalue weighted by Gasteiger charge is 2.04. The average molecular weight is 172 g/mol. The molecule has 0 aliphatic heterocycles. The van der Waals surface area contributed by atoms with E-state index in [1.54, 1.807) is 19.2 Å². The number of aryl methyl sites for hydroxylation is 1. The molecule has 0 radical (unpaired) electrons. The highest BCUT2D eigenvalue weighted by atomic mass is 35.5. The zero-order valence-electron chi connectivity index (χ0n) is 5.87. The third kappa shape index (κ3) is 1.68. The zero-order valence-corrected chi connectivity index (χ0v) is 6.63. The maximum atomic E-state index is 9.97. The normalized spacial score (nSPS) is 9.27. The molecule has 0 unspecified atom stereocenters. The Morgan fingerprint density at radius 2 is 2.45 bits per heavy atom. The minimum Gasteiger partial charge on any atom is -0.425 e. The molecule has 0 amide bonds. The number of nitrogens with zero attached hydrogens (tertiary/aromatic N) is 1. The van der Waals surface area contributed by atoms with E-state index in [4.69, 9.17) is 11.6 Å². The van der Waals surface area contributed by atoms with E-state index in [0.29, 0.717) is 22.9 Å². The summed E-state index contributed by atoms with van der Waals surface area (Å²) in [6.45, 7) is 2.04. The molecule has 0 saturated heterocycles. The number of hydrogen-bond acceptors (Lipinski definition) is 3. The van der Waals surface area contributed by atoms with Crippen LogP contribution in [0.5, 0.6) is 5.75 Å². The van der Waals surface area contributed by atoms with Crippen LogP contribution in [0.3, 0.4) is 0 Å². The van der Waals surface area contributed by atoms with Gasteiger partial charge in [-0.25, -0.2) is 0 Å².